The molecule has 2 aromatic carbocycles. The van der Waals surface area contributed by atoms with Gasteiger partial charge in [-0.15, -0.1) is 0 Å². The number of aryl methyl sites for hydroxylation is 1. The van der Waals surface area contributed by atoms with Crippen LogP contribution < -0.4 is 10.2 Å². The van der Waals surface area contributed by atoms with Crippen molar-refractivity contribution in [1.29, 1.82) is 0 Å². The second kappa shape index (κ2) is 9.72. The van der Waals surface area contributed by atoms with Gasteiger partial charge in [-0.2, -0.15) is 0 Å². The van der Waals surface area contributed by atoms with Crippen molar-refractivity contribution in [3.8, 4) is 0 Å². The van der Waals surface area contributed by atoms with Gasteiger partial charge in [0.15, 0.2) is 5.11 Å². The first kappa shape index (κ1) is 23.6. The van der Waals surface area contributed by atoms with E-state index >= 15 is 0 Å². The first-order valence-electron chi connectivity index (χ1n) is 9.79. The van der Waals surface area contributed by atoms with Crippen molar-refractivity contribution >= 4 is 70.0 Å². The van der Waals surface area contributed by atoms with E-state index in [9.17, 15) is 19.7 Å². The molecule has 0 saturated carbocycles. The normalized spacial score (nSPS) is 14.9. The lowest BCUT2D eigenvalue weighted by Crippen LogP contribution is -2.54. The fraction of sp³-hybridized carbons (Fsp3) is 0.0435. The maximum Gasteiger partial charge on any atom is 0.283 e. The summed E-state index contributed by atoms with van der Waals surface area (Å²) >= 11 is 12.5. The summed E-state index contributed by atoms with van der Waals surface area (Å²) in [6.45, 7) is 1.82. The maximum absolute atomic E-state index is 13.2. The zero-order valence-electron chi connectivity index (χ0n) is 17.5. The van der Waals surface area contributed by atoms with Gasteiger partial charge in [0.1, 0.15) is 10.6 Å². The third-order valence-electron chi connectivity index (χ3n) is 4.86. The maximum atomic E-state index is 13.2. The number of carbonyl (C=O) groups excluding carboxylic acids is 2. The van der Waals surface area contributed by atoms with E-state index < -0.39 is 16.7 Å². The average Bonchev–Trinajstić information content (AvgIpc) is 2.80. The number of rotatable bonds is 5. The number of nitrogens with one attached hydrogen (secondary N) is 1. The molecule has 170 valence electrons. The van der Waals surface area contributed by atoms with Crippen molar-refractivity contribution in [2.45, 2.75) is 16.8 Å². The minimum atomic E-state index is -0.695. The topological polar surface area (TPSA) is 105 Å². The van der Waals surface area contributed by atoms with Gasteiger partial charge in [-0.25, -0.2) is 4.98 Å². The Bertz CT molecular complexity index is 1380. The molecule has 3 aromatic rings. The molecule has 1 saturated heterocycles. The Hall–Kier alpha value is -3.60. The molecule has 1 N–H and O–H groups in total. The van der Waals surface area contributed by atoms with Crippen LogP contribution in [0.2, 0.25) is 5.02 Å². The Morgan fingerprint density at radius 1 is 1.18 bits per heavy atom. The number of nitro groups is 1. The number of nitrogens with zero attached hydrogens (tertiary/aromatic N) is 3. The van der Waals surface area contributed by atoms with Crippen molar-refractivity contribution in [3.63, 3.8) is 0 Å². The van der Waals surface area contributed by atoms with Crippen LogP contribution in [0, 0.1) is 17.0 Å². The van der Waals surface area contributed by atoms with E-state index in [4.69, 9.17) is 23.8 Å². The lowest BCUT2D eigenvalue weighted by Gasteiger charge is -2.29. The summed E-state index contributed by atoms with van der Waals surface area (Å²) < 4.78 is 0. The average molecular weight is 511 g/mol. The van der Waals surface area contributed by atoms with Crippen molar-refractivity contribution in [2.75, 3.05) is 4.90 Å². The van der Waals surface area contributed by atoms with E-state index in [-0.39, 0.29) is 16.4 Å². The SMILES string of the molecule is Cc1ccc(N2C(=O)/C(=C/c3ccc(Sc4ccccn4)c([N+](=O)[O-])c3)C(=O)NC2=S)cc1Cl. The van der Waals surface area contributed by atoms with Crippen LogP contribution in [0.25, 0.3) is 6.08 Å². The van der Waals surface area contributed by atoms with Gasteiger partial charge in [0.05, 0.1) is 15.5 Å². The molecule has 0 aliphatic carbocycles. The van der Waals surface area contributed by atoms with Crippen LogP contribution in [0.4, 0.5) is 11.4 Å². The summed E-state index contributed by atoms with van der Waals surface area (Å²) in [5.41, 5.74) is 1.13. The Morgan fingerprint density at radius 2 is 1.97 bits per heavy atom. The number of benzene rings is 2. The third kappa shape index (κ3) is 4.84. The van der Waals surface area contributed by atoms with Crippen molar-refractivity contribution in [1.82, 2.24) is 10.3 Å². The summed E-state index contributed by atoms with van der Waals surface area (Å²) in [7, 11) is 0. The molecule has 34 heavy (non-hydrogen) atoms. The van der Waals surface area contributed by atoms with Gasteiger partial charge in [0.25, 0.3) is 17.5 Å². The summed E-state index contributed by atoms with van der Waals surface area (Å²) in [5, 5.41) is 15.1. The number of aromatic nitrogens is 1. The predicted octanol–water partition coefficient (Wildman–Crippen LogP) is 4.93. The van der Waals surface area contributed by atoms with Gasteiger partial charge in [0.2, 0.25) is 0 Å². The number of halogens is 1. The van der Waals surface area contributed by atoms with Crippen LogP contribution in [-0.2, 0) is 9.59 Å². The summed E-state index contributed by atoms with van der Waals surface area (Å²) in [5.74, 6) is -1.36. The van der Waals surface area contributed by atoms with Crippen molar-refractivity contribution < 1.29 is 14.5 Å². The highest BCUT2D eigenvalue weighted by Crippen LogP contribution is 2.35. The van der Waals surface area contributed by atoms with Crippen LogP contribution >= 0.6 is 35.6 Å². The molecule has 0 radical (unpaired) electrons. The number of pyridine rings is 1. The Balaban J connectivity index is 1.70. The summed E-state index contributed by atoms with van der Waals surface area (Å²) in [4.78, 5) is 42.6. The fourth-order valence-corrected chi connectivity index (χ4v) is 4.47. The molecule has 1 fully saturated rings. The number of nitro benzene ring substituents is 1. The van der Waals surface area contributed by atoms with Gasteiger partial charge in [-0.3, -0.25) is 29.9 Å². The van der Waals surface area contributed by atoms with Gasteiger partial charge >= 0.3 is 0 Å². The molecule has 1 aromatic heterocycles. The quantitative estimate of drug-likeness (QED) is 0.170. The molecular weight excluding hydrogens is 496 g/mol. The summed E-state index contributed by atoms with van der Waals surface area (Å²) in [6.07, 6.45) is 2.89. The second-order valence-electron chi connectivity index (χ2n) is 7.15. The molecule has 4 rings (SSSR count). The first-order valence-corrected chi connectivity index (χ1v) is 11.4. The van der Waals surface area contributed by atoms with Crippen LogP contribution in [0.15, 0.2) is 76.3 Å². The number of hydrogen-bond donors (Lipinski definition) is 1. The number of thiocarbonyl (C=S) groups is 1. The molecule has 0 unspecified atom stereocenters. The van der Waals surface area contributed by atoms with E-state index in [1.54, 1.807) is 54.7 Å². The smallest absolute Gasteiger partial charge is 0.283 e. The monoisotopic (exact) mass is 510 g/mol. The van der Waals surface area contributed by atoms with Crippen molar-refractivity contribution in [2.24, 2.45) is 0 Å². The number of hydrogen-bond acceptors (Lipinski definition) is 7. The number of anilines is 1. The molecule has 1 aliphatic heterocycles. The Kier molecular flexibility index (Phi) is 6.73. The fourth-order valence-electron chi connectivity index (χ4n) is 3.15. The van der Waals surface area contributed by atoms with Gasteiger partial charge in [-0.05, 0) is 66.7 Å². The molecule has 0 spiro atoms. The Morgan fingerprint density at radius 3 is 2.65 bits per heavy atom. The van der Waals surface area contributed by atoms with Gasteiger partial charge in [0, 0.05) is 17.3 Å². The van der Waals surface area contributed by atoms with E-state index in [0.717, 1.165) is 22.2 Å². The van der Waals surface area contributed by atoms with E-state index in [2.05, 4.69) is 10.3 Å². The number of amides is 2. The lowest BCUT2D eigenvalue weighted by atomic mass is 10.1. The minimum absolute atomic E-state index is 0.0832. The molecule has 11 heteroatoms. The summed E-state index contributed by atoms with van der Waals surface area (Å²) in [6, 6.07) is 14.7. The van der Waals surface area contributed by atoms with Crippen LogP contribution in [0.5, 0.6) is 0 Å². The lowest BCUT2D eigenvalue weighted by molar-refractivity contribution is -0.387. The molecule has 2 amide bonds. The number of carbonyl (C=O) groups is 2. The highest BCUT2D eigenvalue weighted by Gasteiger charge is 2.34. The van der Waals surface area contributed by atoms with Gasteiger partial charge < -0.3 is 0 Å². The standard InChI is InChI=1S/C23H15ClN4O4S2/c1-13-5-7-15(12-17(13)24)27-22(30)16(21(29)26-23(27)33)10-14-6-8-19(18(11-14)28(31)32)34-20-4-2-3-9-25-20/h2-12H,1H3,(H,26,29,33)/b16-10+. The van der Waals surface area contributed by atoms with Crippen LogP contribution in [0.1, 0.15) is 11.1 Å². The molecule has 0 atom stereocenters. The van der Waals surface area contributed by atoms with E-state index in [1.807, 2.05) is 6.92 Å². The predicted molar refractivity (Wildman–Crippen MR) is 134 cm³/mol. The highest BCUT2D eigenvalue weighted by atomic mass is 35.5. The zero-order chi connectivity index (χ0) is 24.4. The molecule has 1 aliphatic rings. The molecule has 2 heterocycles. The first-order chi connectivity index (χ1) is 16.2. The van der Waals surface area contributed by atoms with Crippen molar-refractivity contribution in [3.05, 3.63) is 92.6 Å². The van der Waals surface area contributed by atoms with Crippen LogP contribution in [0.3, 0.4) is 0 Å². The van der Waals surface area contributed by atoms with Gasteiger partial charge in [-0.1, -0.05) is 41.6 Å². The largest absolute Gasteiger partial charge is 0.298 e. The molecule has 8 nitrogen and oxygen atoms in total. The van der Waals surface area contributed by atoms with E-state index in [0.29, 0.717) is 26.2 Å². The van der Waals surface area contributed by atoms with E-state index in [1.165, 1.54) is 12.1 Å². The molecular formula is C23H15ClN4O4S2. The third-order valence-corrected chi connectivity index (χ3v) is 6.57. The highest BCUT2D eigenvalue weighted by molar-refractivity contribution is 7.99. The minimum Gasteiger partial charge on any atom is -0.298 e. The Labute approximate surface area is 208 Å². The zero-order valence-corrected chi connectivity index (χ0v) is 19.9. The molecule has 0 bridgehead atoms. The second-order valence-corrected chi connectivity index (χ2v) is 9.00. The van der Waals surface area contributed by atoms with Crippen LogP contribution in [-0.4, -0.2) is 26.8 Å².